The average molecular weight is 388 g/mol. The Morgan fingerprint density at radius 1 is 1.00 bits per heavy atom. The molecule has 0 radical (unpaired) electrons. The standard InChI is InChI=1S/C19H21Cl3O2/c1-12(2)15-6-13(4-5-19(15)24-11-23-3)7-16-17(21)8-14(10-20)9-18(16)22/h4-6,8-9,12H,7,10-11H2,1-3H3. The molecule has 0 N–H and O–H groups in total. The van der Waals surface area contributed by atoms with Crippen molar-refractivity contribution < 1.29 is 9.47 Å². The molecular weight excluding hydrogens is 367 g/mol. The van der Waals surface area contributed by atoms with Gasteiger partial charge in [-0.1, -0.05) is 49.2 Å². The Balaban J connectivity index is 2.32. The predicted molar refractivity (Wildman–Crippen MR) is 102 cm³/mol. The van der Waals surface area contributed by atoms with Gasteiger partial charge >= 0.3 is 0 Å². The Morgan fingerprint density at radius 3 is 2.21 bits per heavy atom. The first-order valence-electron chi connectivity index (χ1n) is 7.73. The molecule has 2 aromatic rings. The van der Waals surface area contributed by atoms with Crippen LogP contribution in [0.25, 0.3) is 0 Å². The van der Waals surface area contributed by atoms with E-state index in [2.05, 4.69) is 19.9 Å². The zero-order valence-corrected chi connectivity index (χ0v) is 16.3. The Kier molecular flexibility index (Phi) is 7.24. The molecule has 0 aliphatic heterocycles. The fraction of sp³-hybridized carbons (Fsp3) is 0.368. The third kappa shape index (κ3) is 4.80. The van der Waals surface area contributed by atoms with Crippen LogP contribution in [0.5, 0.6) is 5.75 Å². The molecule has 0 atom stereocenters. The van der Waals surface area contributed by atoms with Crippen molar-refractivity contribution in [2.75, 3.05) is 13.9 Å². The lowest BCUT2D eigenvalue weighted by atomic mass is 9.96. The van der Waals surface area contributed by atoms with Gasteiger partial charge in [0.2, 0.25) is 0 Å². The number of methoxy groups -OCH3 is 1. The number of rotatable bonds is 7. The molecule has 2 nitrogen and oxygen atoms in total. The largest absolute Gasteiger partial charge is 0.467 e. The maximum atomic E-state index is 6.38. The quantitative estimate of drug-likeness (QED) is 0.402. The van der Waals surface area contributed by atoms with E-state index in [1.54, 1.807) is 7.11 Å². The smallest absolute Gasteiger partial charge is 0.188 e. The van der Waals surface area contributed by atoms with Crippen molar-refractivity contribution in [2.24, 2.45) is 0 Å². The summed E-state index contributed by atoms with van der Waals surface area (Å²) in [7, 11) is 1.61. The molecule has 24 heavy (non-hydrogen) atoms. The van der Waals surface area contributed by atoms with Gasteiger partial charge in [-0.15, -0.1) is 11.6 Å². The van der Waals surface area contributed by atoms with Crippen LogP contribution in [0, 0.1) is 0 Å². The molecule has 130 valence electrons. The van der Waals surface area contributed by atoms with Gasteiger partial charge in [-0.25, -0.2) is 0 Å². The van der Waals surface area contributed by atoms with Crippen LogP contribution in [0.2, 0.25) is 10.0 Å². The average Bonchev–Trinajstić information content (AvgIpc) is 2.56. The first-order chi connectivity index (χ1) is 11.5. The van der Waals surface area contributed by atoms with Crippen molar-refractivity contribution in [1.82, 2.24) is 0 Å². The zero-order chi connectivity index (χ0) is 17.7. The highest BCUT2D eigenvalue weighted by atomic mass is 35.5. The topological polar surface area (TPSA) is 18.5 Å². The first kappa shape index (κ1) is 19.4. The Labute approximate surface area is 158 Å². The molecular formula is C19H21Cl3O2. The normalized spacial score (nSPS) is 11.1. The Hall–Kier alpha value is -0.930. The molecule has 0 unspecified atom stereocenters. The van der Waals surface area contributed by atoms with Crippen LogP contribution < -0.4 is 4.74 Å². The summed E-state index contributed by atoms with van der Waals surface area (Å²) in [5, 5.41) is 1.29. The molecule has 0 aliphatic rings. The lowest BCUT2D eigenvalue weighted by Crippen LogP contribution is -2.04. The summed E-state index contributed by atoms with van der Waals surface area (Å²) in [5.41, 5.74) is 4.09. The maximum Gasteiger partial charge on any atom is 0.188 e. The van der Waals surface area contributed by atoms with E-state index >= 15 is 0 Å². The van der Waals surface area contributed by atoms with Crippen molar-refractivity contribution in [3.8, 4) is 5.75 Å². The van der Waals surface area contributed by atoms with E-state index in [9.17, 15) is 0 Å². The molecule has 0 bridgehead atoms. The summed E-state index contributed by atoms with van der Waals surface area (Å²) in [6.07, 6.45) is 0.657. The molecule has 0 aliphatic carbocycles. The van der Waals surface area contributed by atoms with Crippen LogP contribution in [0.4, 0.5) is 0 Å². The lowest BCUT2D eigenvalue weighted by Gasteiger charge is -2.16. The molecule has 5 heteroatoms. The Bertz CT molecular complexity index is 676. The summed E-state index contributed by atoms with van der Waals surface area (Å²) in [4.78, 5) is 0. The number of halogens is 3. The fourth-order valence-corrected chi connectivity index (χ4v) is 3.34. The number of alkyl halides is 1. The summed E-state index contributed by atoms with van der Waals surface area (Å²) < 4.78 is 10.6. The van der Waals surface area contributed by atoms with Gasteiger partial charge in [-0.05, 0) is 46.4 Å². The molecule has 2 aromatic carbocycles. The SMILES string of the molecule is COCOc1ccc(Cc2c(Cl)cc(CCl)cc2Cl)cc1C(C)C. The molecule has 0 amide bonds. The van der Waals surface area contributed by atoms with E-state index in [0.29, 0.717) is 28.3 Å². The minimum atomic E-state index is 0.233. The second kappa shape index (κ2) is 8.96. The number of benzene rings is 2. The van der Waals surface area contributed by atoms with E-state index in [4.69, 9.17) is 44.3 Å². The number of ether oxygens (including phenoxy) is 2. The molecule has 0 aromatic heterocycles. The van der Waals surface area contributed by atoms with Crippen LogP contribution >= 0.6 is 34.8 Å². The third-order valence-electron chi connectivity index (χ3n) is 3.76. The van der Waals surface area contributed by atoms with Gasteiger partial charge in [0.15, 0.2) is 6.79 Å². The monoisotopic (exact) mass is 386 g/mol. The maximum absolute atomic E-state index is 6.38. The van der Waals surface area contributed by atoms with Crippen LogP contribution in [-0.2, 0) is 17.0 Å². The molecule has 0 fully saturated rings. The second-order valence-corrected chi connectivity index (χ2v) is 7.01. The van der Waals surface area contributed by atoms with Gasteiger partial charge in [0.1, 0.15) is 5.75 Å². The lowest BCUT2D eigenvalue weighted by molar-refractivity contribution is 0.0502. The van der Waals surface area contributed by atoms with E-state index in [1.165, 1.54) is 0 Å². The van der Waals surface area contributed by atoms with Crippen LogP contribution in [0.3, 0.4) is 0 Å². The van der Waals surface area contributed by atoms with Gasteiger partial charge in [-0.3, -0.25) is 0 Å². The highest BCUT2D eigenvalue weighted by molar-refractivity contribution is 6.36. The van der Waals surface area contributed by atoms with Crippen LogP contribution in [0.15, 0.2) is 30.3 Å². The fourth-order valence-electron chi connectivity index (χ4n) is 2.52. The van der Waals surface area contributed by atoms with Crippen molar-refractivity contribution in [1.29, 1.82) is 0 Å². The van der Waals surface area contributed by atoms with Crippen molar-refractivity contribution in [2.45, 2.75) is 32.1 Å². The van der Waals surface area contributed by atoms with Gasteiger partial charge in [0, 0.05) is 29.5 Å². The van der Waals surface area contributed by atoms with Gasteiger partial charge < -0.3 is 9.47 Å². The van der Waals surface area contributed by atoms with Crippen molar-refractivity contribution >= 4 is 34.8 Å². The predicted octanol–water partition coefficient (Wildman–Crippen LogP) is 6.43. The summed E-state index contributed by atoms with van der Waals surface area (Å²) >= 11 is 18.6. The number of hydrogen-bond donors (Lipinski definition) is 0. The van der Waals surface area contributed by atoms with Crippen molar-refractivity contribution in [3.05, 3.63) is 62.6 Å². The second-order valence-electron chi connectivity index (χ2n) is 5.93. The van der Waals surface area contributed by atoms with Crippen LogP contribution in [0.1, 0.15) is 42.0 Å². The molecule has 0 saturated carbocycles. The number of hydrogen-bond acceptors (Lipinski definition) is 2. The van der Waals surface area contributed by atoms with E-state index in [-0.39, 0.29) is 6.79 Å². The first-order valence-corrected chi connectivity index (χ1v) is 9.02. The molecule has 2 rings (SSSR count). The van der Waals surface area contributed by atoms with Gasteiger partial charge in [0.05, 0.1) is 0 Å². The van der Waals surface area contributed by atoms with E-state index in [1.807, 2.05) is 24.3 Å². The Morgan fingerprint density at radius 2 is 1.67 bits per heavy atom. The van der Waals surface area contributed by atoms with Crippen LogP contribution in [-0.4, -0.2) is 13.9 Å². The molecule has 0 heterocycles. The van der Waals surface area contributed by atoms with E-state index < -0.39 is 0 Å². The molecule has 0 saturated heterocycles. The highest BCUT2D eigenvalue weighted by Gasteiger charge is 2.13. The summed E-state index contributed by atoms with van der Waals surface area (Å²) in [6.45, 7) is 4.50. The van der Waals surface area contributed by atoms with Gasteiger partial charge in [-0.2, -0.15) is 0 Å². The summed E-state index contributed by atoms with van der Waals surface area (Å²) in [6, 6.07) is 9.87. The minimum absolute atomic E-state index is 0.233. The zero-order valence-electron chi connectivity index (χ0n) is 14.0. The minimum Gasteiger partial charge on any atom is -0.467 e. The third-order valence-corrected chi connectivity index (χ3v) is 4.75. The van der Waals surface area contributed by atoms with E-state index in [0.717, 1.165) is 28.0 Å². The highest BCUT2D eigenvalue weighted by Crippen LogP contribution is 2.32. The van der Waals surface area contributed by atoms with Crippen molar-refractivity contribution in [3.63, 3.8) is 0 Å². The summed E-state index contributed by atoms with van der Waals surface area (Å²) in [5.74, 6) is 1.56. The molecule has 0 spiro atoms. The van der Waals surface area contributed by atoms with Gasteiger partial charge in [0.25, 0.3) is 0 Å².